The lowest BCUT2D eigenvalue weighted by Gasteiger charge is -1.98. The number of hydrogen-bond donors (Lipinski definition) is 1. The highest BCUT2D eigenvalue weighted by atomic mass is 35.5. The topological polar surface area (TPSA) is 52.0 Å². The van der Waals surface area contributed by atoms with Crippen molar-refractivity contribution >= 4 is 24.0 Å². The lowest BCUT2D eigenvalue weighted by atomic mass is 10.1. The van der Waals surface area contributed by atoms with E-state index >= 15 is 0 Å². The first kappa shape index (κ1) is 12.0. The van der Waals surface area contributed by atoms with E-state index in [0.29, 0.717) is 17.3 Å². The third kappa shape index (κ3) is 2.50. The molecule has 80 valence electrons. The summed E-state index contributed by atoms with van der Waals surface area (Å²) in [5.74, 6) is 0.687. The molecule has 0 aliphatic rings. The van der Waals surface area contributed by atoms with Gasteiger partial charge in [-0.05, 0) is 17.7 Å². The van der Waals surface area contributed by atoms with Crippen molar-refractivity contribution in [2.24, 2.45) is 5.73 Å². The second-order valence-electron chi connectivity index (χ2n) is 2.87. The summed E-state index contributed by atoms with van der Waals surface area (Å²) >= 11 is 5.78. The van der Waals surface area contributed by atoms with Crippen LogP contribution in [0.3, 0.4) is 0 Å². The van der Waals surface area contributed by atoms with Crippen molar-refractivity contribution < 1.29 is 4.52 Å². The molecule has 0 spiro atoms. The summed E-state index contributed by atoms with van der Waals surface area (Å²) in [6, 6.07) is 7.47. The molecule has 0 atom stereocenters. The maximum Gasteiger partial charge on any atom is 0.158 e. The summed E-state index contributed by atoms with van der Waals surface area (Å²) in [6.45, 7) is 0.345. The van der Waals surface area contributed by atoms with Gasteiger partial charge in [0.25, 0.3) is 0 Å². The van der Waals surface area contributed by atoms with Crippen molar-refractivity contribution in [3.05, 3.63) is 41.2 Å². The van der Waals surface area contributed by atoms with E-state index in [1.54, 1.807) is 6.20 Å². The molecule has 0 amide bonds. The van der Waals surface area contributed by atoms with Gasteiger partial charge in [0.05, 0.1) is 12.7 Å². The molecular formula is C10H10Cl2N2O. The minimum absolute atomic E-state index is 0. The van der Waals surface area contributed by atoms with Crippen molar-refractivity contribution in [2.45, 2.75) is 6.54 Å². The summed E-state index contributed by atoms with van der Waals surface area (Å²) in [4.78, 5) is 0. The maximum absolute atomic E-state index is 5.78. The van der Waals surface area contributed by atoms with E-state index in [0.717, 1.165) is 11.1 Å². The predicted octanol–water partition coefficient (Wildman–Crippen LogP) is 2.88. The first-order chi connectivity index (χ1) is 6.81. The Labute approximate surface area is 98.6 Å². The van der Waals surface area contributed by atoms with Crippen molar-refractivity contribution in [2.75, 3.05) is 0 Å². The van der Waals surface area contributed by atoms with Gasteiger partial charge in [-0.1, -0.05) is 28.9 Å². The van der Waals surface area contributed by atoms with Gasteiger partial charge in [0.15, 0.2) is 5.76 Å². The number of aromatic nitrogens is 1. The first-order valence-corrected chi connectivity index (χ1v) is 4.58. The van der Waals surface area contributed by atoms with Crippen LogP contribution in [0.15, 0.2) is 35.0 Å². The Balaban J connectivity index is 0.00000112. The highest BCUT2D eigenvalue weighted by Gasteiger charge is 2.07. The molecule has 15 heavy (non-hydrogen) atoms. The molecule has 0 fully saturated rings. The molecule has 1 heterocycles. The zero-order chi connectivity index (χ0) is 9.97. The Hall–Kier alpha value is -1.03. The number of nitrogens with zero attached hydrogens (tertiary/aromatic N) is 1. The fraction of sp³-hybridized carbons (Fsp3) is 0.100. The van der Waals surface area contributed by atoms with Crippen LogP contribution in [0, 0.1) is 0 Å². The molecule has 0 aliphatic carbocycles. The fourth-order valence-electron chi connectivity index (χ4n) is 1.28. The van der Waals surface area contributed by atoms with Crippen LogP contribution in [0.4, 0.5) is 0 Å². The highest BCUT2D eigenvalue weighted by Crippen LogP contribution is 2.24. The van der Waals surface area contributed by atoms with Crippen LogP contribution in [0.1, 0.15) is 5.76 Å². The summed E-state index contributed by atoms with van der Waals surface area (Å²) in [7, 11) is 0. The standard InChI is InChI=1S/C10H9ClN2O.ClH/c11-8-3-1-7(2-4-8)9-6-13-14-10(9)5-12;/h1-4,6H,5,12H2;1H. The lowest BCUT2D eigenvalue weighted by molar-refractivity contribution is 0.385. The van der Waals surface area contributed by atoms with Crippen molar-refractivity contribution in [1.29, 1.82) is 0 Å². The highest BCUT2D eigenvalue weighted by molar-refractivity contribution is 6.30. The third-order valence-corrected chi connectivity index (χ3v) is 2.24. The molecule has 5 heteroatoms. The number of benzene rings is 1. The average Bonchev–Trinajstić information content (AvgIpc) is 2.67. The summed E-state index contributed by atoms with van der Waals surface area (Å²) < 4.78 is 4.99. The number of halogens is 2. The zero-order valence-electron chi connectivity index (χ0n) is 7.81. The van der Waals surface area contributed by atoms with Crippen molar-refractivity contribution in [3.63, 3.8) is 0 Å². The van der Waals surface area contributed by atoms with E-state index in [-0.39, 0.29) is 12.4 Å². The van der Waals surface area contributed by atoms with Crippen molar-refractivity contribution in [3.8, 4) is 11.1 Å². The summed E-state index contributed by atoms with van der Waals surface area (Å²) in [6.07, 6.45) is 1.66. The molecule has 2 N–H and O–H groups in total. The Kier molecular flexibility index (Phi) is 4.15. The largest absolute Gasteiger partial charge is 0.359 e. The third-order valence-electron chi connectivity index (χ3n) is 1.99. The lowest BCUT2D eigenvalue weighted by Crippen LogP contribution is -1.95. The van der Waals surface area contributed by atoms with Gasteiger partial charge < -0.3 is 10.3 Å². The number of rotatable bonds is 2. The monoisotopic (exact) mass is 244 g/mol. The van der Waals surface area contributed by atoms with Gasteiger partial charge in [-0.2, -0.15) is 0 Å². The maximum atomic E-state index is 5.78. The second kappa shape index (κ2) is 5.16. The van der Waals surface area contributed by atoms with Crippen molar-refractivity contribution in [1.82, 2.24) is 5.16 Å². The molecule has 0 radical (unpaired) electrons. The van der Waals surface area contributed by atoms with E-state index in [1.165, 1.54) is 0 Å². The van der Waals surface area contributed by atoms with E-state index in [9.17, 15) is 0 Å². The fourth-order valence-corrected chi connectivity index (χ4v) is 1.40. The predicted molar refractivity (Wildman–Crippen MR) is 62.1 cm³/mol. The quantitative estimate of drug-likeness (QED) is 0.884. The molecule has 3 nitrogen and oxygen atoms in total. The first-order valence-electron chi connectivity index (χ1n) is 4.21. The van der Waals surface area contributed by atoms with Crippen LogP contribution in [-0.2, 0) is 6.54 Å². The summed E-state index contributed by atoms with van der Waals surface area (Å²) in [5, 5.41) is 4.41. The Morgan fingerprint density at radius 2 is 1.93 bits per heavy atom. The van der Waals surface area contributed by atoms with Gasteiger partial charge in [0.1, 0.15) is 0 Å². The average molecular weight is 245 g/mol. The Bertz CT molecular complexity index is 425. The Morgan fingerprint density at radius 3 is 2.53 bits per heavy atom. The van der Waals surface area contributed by atoms with Crippen LogP contribution in [0.2, 0.25) is 5.02 Å². The van der Waals surface area contributed by atoms with Crippen LogP contribution >= 0.6 is 24.0 Å². The second-order valence-corrected chi connectivity index (χ2v) is 3.31. The molecule has 2 aromatic rings. The van der Waals surface area contributed by atoms with Gasteiger partial charge in [-0.25, -0.2) is 0 Å². The van der Waals surface area contributed by atoms with Gasteiger partial charge in [-0.15, -0.1) is 12.4 Å². The minimum atomic E-state index is 0. The molecule has 1 aromatic heterocycles. The van der Waals surface area contributed by atoms with Crippen LogP contribution in [-0.4, -0.2) is 5.16 Å². The minimum Gasteiger partial charge on any atom is -0.359 e. The summed E-state index contributed by atoms with van der Waals surface area (Å²) in [5.41, 5.74) is 7.43. The molecule has 0 saturated carbocycles. The van der Waals surface area contributed by atoms with E-state index in [2.05, 4.69) is 5.16 Å². The molecular weight excluding hydrogens is 235 g/mol. The molecule has 0 unspecified atom stereocenters. The van der Waals surface area contributed by atoms with E-state index < -0.39 is 0 Å². The van der Waals surface area contributed by atoms with Gasteiger partial charge in [0, 0.05) is 10.6 Å². The SMILES string of the molecule is Cl.NCc1oncc1-c1ccc(Cl)cc1. The smallest absolute Gasteiger partial charge is 0.158 e. The van der Waals surface area contributed by atoms with Gasteiger partial charge in [-0.3, -0.25) is 0 Å². The van der Waals surface area contributed by atoms with E-state index in [4.69, 9.17) is 21.9 Å². The molecule has 2 rings (SSSR count). The molecule has 0 aliphatic heterocycles. The Morgan fingerprint density at radius 1 is 1.27 bits per heavy atom. The van der Waals surface area contributed by atoms with Crippen LogP contribution in [0.25, 0.3) is 11.1 Å². The zero-order valence-corrected chi connectivity index (χ0v) is 9.39. The molecule has 1 aromatic carbocycles. The normalized spacial score (nSPS) is 9.73. The van der Waals surface area contributed by atoms with Crippen LogP contribution < -0.4 is 5.73 Å². The molecule has 0 saturated heterocycles. The van der Waals surface area contributed by atoms with Gasteiger partial charge >= 0.3 is 0 Å². The van der Waals surface area contributed by atoms with Crippen LogP contribution in [0.5, 0.6) is 0 Å². The van der Waals surface area contributed by atoms with Gasteiger partial charge in [0.2, 0.25) is 0 Å². The van der Waals surface area contributed by atoms with E-state index in [1.807, 2.05) is 24.3 Å². The number of hydrogen-bond acceptors (Lipinski definition) is 3. The number of nitrogens with two attached hydrogens (primary N) is 1. The molecule has 0 bridgehead atoms.